The Kier molecular flexibility index (Phi) is 5.47. The summed E-state index contributed by atoms with van der Waals surface area (Å²) in [5.41, 5.74) is 2.97. The number of carbonyl (C=O) groups is 1. The molecule has 0 aliphatic carbocycles. The zero-order valence-electron chi connectivity index (χ0n) is 15.7. The van der Waals surface area contributed by atoms with Crippen LogP contribution in [0.25, 0.3) is 10.9 Å². The minimum absolute atomic E-state index is 0.0961. The Balaban J connectivity index is 1.34. The van der Waals surface area contributed by atoms with Crippen LogP contribution in [0.5, 0.6) is 0 Å². The van der Waals surface area contributed by atoms with E-state index in [4.69, 9.17) is 0 Å². The highest BCUT2D eigenvalue weighted by molar-refractivity contribution is 5.92. The number of H-pyrrole nitrogens is 1. The van der Waals surface area contributed by atoms with Crippen molar-refractivity contribution in [1.82, 2.24) is 20.3 Å². The highest BCUT2D eigenvalue weighted by atomic mass is 19.1. The molecule has 0 saturated heterocycles. The molecule has 29 heavy (non-hydrogen) atoms. The fourth-order valence-electron chi connectivity index (χ4n) is 3.15. The fraction of sp³-hybridized carbons (Fsp3) is 0.136. The number of amides is 1. The minimum atomic E-state index is -0.379. The molecule has 0 aliphatic heterocycles. The largest absolute Gasteiger partial charge is 0.370 e. The number of aromatic amines is 1. The smallest absolute Gasteiger partial charge is 0.270 e. The zero-order valence-corrected chi connectivity index (χ0v) is 15.7. The molecule has 7 heteroatoms. The SMILES string of the molecule is O=C(NCc1ccccc1F)c1cc(NCCc2c[nH]c3ccccc23)ncn1. The normalized spacial score (nSPS) is 10.8. The second-order valence-corrected chi connectivity index (χ2v) is 6.60. The van der Waals surface area contributed by atoms with Crippen LogP contribution in [-0.4, -0.2) is 27.4 Å². The van der Waals surface area contributed by atoms with Crippen LogP contribution in [0.15, 0.2) is 67.1 Å². The van der Waals surface area contributed by atoms with E-state index in [9.17, 15) is 9.18 Å². The molecule has 4 aromatic rings. The van der Waals surface area contributed by atoms with Crippen LogP contribution < -0.4 is 10.6 Å². The van der Waals surface area contributed by atoms with Crippen LogP contribution in [0.4, 0.5) is 10.2 Å². The molecule has 1 amide bonds. The summed E-state index contributed by atoms with van der Waals surface area (Å²) < 4.78 is 13.7. The van der Waals surface area contributed by atoms with Gasteiger partial charge in [-0.15, -0.1) is 0 Å². The lowest BCUT2D eigenvalue weighted by Gasteiger charge is -2.08. The molecule has 2 aromatic heterocycles. The quantitative estimate of drug-likeness (QED) is 0.450. The summed E-state index contributed by atoms with van der Waals surface area (Å²) in [4.78, 5) is 23.8. The Bertz CT molecular complexity index is 1140. The Labute approximate surface area is 167 Å². The van der Waals surface area contributed by atoms with Crippen molar-refractivity contribution in [2.24, 2.45) is 0 Å². The molecular formula is C22H20FN5O. The first-order chi connectivity index (χ1) is 14.2. The van der Waals surface area contributed by atoms with Crippen molar-refractivity contribution in [3.8, 4) is 0 Å². The second-order valence-electron chi connectivity index (χ2n) is 6.60. The Morgan fingerprint density at radius 2 is 1.86 bits per heavy atom. The van der Waals surface area contributed by atoms with Crippen molar-refractivity contribution in [2.45, 2.75) is 13.0 Å². The molecular weight excluding hydrogens is 369 g/mol. The molecule has 0 bridgehead atoms. The third-order valence-electron chi connectivity index (χ3n) is 4.67. The van der Waals surface area contributed by atoms with Gasteiger partial charge in [0.15, 0.2) is 0 Å². The van der Waals surface area contributed by atoms with E-state index < -0.39 is 0 Å². The lowest BCUT2D eigenvalue weighted by molar-refractivity contribution is 0.0945. The van der Waals surface area contributed by atoms with Crippen LogP contribution in [0.3, 0.4) is 0 Å². The number of fused-ring (bicyclic) bond motifs is 1. The summed E-state index contributed by atoms with van der Waals surface area (Å²) in [6, 6.07) is 16.1. The lowest BCUT2D eigenvalue weighted by Crippen LogP contribution is -2.24. The first-order valence-electron chi connectivity index (χ1n) is 9.33. The van der Waals surface area contributed by atoms with Crippen molar-refractivity contribution < 1.29 is 9.18 Å². The van der Waals surface area contributed by atoms with E-state index in [0.29, 0.717) is 17.9 Å². The minimum Gasteiger partial charge on any atom is -0.370 e. The third kappa shape index (κ3) is 4.40. The van der Waals surface area contributed by atoms with Gasteiger partial charge in [0, 0.05) is 41.8 Å². The van der Waals surface area contributed by atoms with Gasteiger partial charge in [-0.1, -0.05) is 36.4 Å². The zero-order chi connectivity index (χ0) is 20.1. The molecule has 6 nitrogen and oxygen atoms in total. The molecule has 2 aromatic carbocycles. The standard InChI is InChI=1S/C22H20FN5O/c23-18-7-3-1-5-16(18)13-26-22(29)20-11-21(28-14-27-20)24-10-9-15-12-25-19-8-4-2-6-17(15)19/h1-8,11-12,14,25H,9-10,13H2,(H,26,29)(H,24,27,28). The van der Waals surface area contributed by atoms with Gasteiger partial charge in [0.1, 0.15) is 23.7 Å². The molecule has 0 radical (unpaired) electrons. The molecule has 0 saturated carbocycles. The summed E-state index contributed by atoms with van der Waals surface area (Å²) >= 11 is 0. The first-order valence-corrected chi connectivity index (χ1v) is 9.33. The molecule has 0 atom stereocenters. The summed E-state index contributed by atoms with van der Waals surface area (Å²) in [6.45, 7) is 0.758. The topological polar surface area (TPSA) is 82.7 Å². The number of para-hydroxylation sites is 1. The highest BCUT2D eigenvalue weighted by Crippen LogP contribution is 2.18. The van der Waals surface area contributed by atoms with E-state index in [0.717, 1.165) is 11.9 Å². The van der Waals surface area contributed by atoms with Crippen LogP contribution >= 0.6 is 0 Å². The molecule has 0 spiro atoms. The van der Waals surface area contributed by atoms with Gasteiger partial charge in [-0.05, 0) is 24.1 Å². The van der Waals surface area contributed by atoms with Crippen molar-refractivity contribution in [3.05, 3.63) is 89.8 Å². The maximum Gasteiger partial charge on any atom is 0.270 e. The number of aromatic nitrogens is 3. The van der Waals surface area contributed by atoms with Crippen molar-refractivity contribution in [2.75, 3.05) is 11.9 Å². The maximum absolute atomic E-state index is 13.7. The van der Waals surface area contributed by atoms with E-state index in [1.54, 1.807) is 24.3 Å². The maximum atomic E-state index is 13.7. The number of carbonyl (C=O) groups excluding carboxylic acids is 1. The fourth-order valence-corrected chi connectivity index (χ4v) is 3.15. The average Bonchev–Trinajstić information content (AvgIpc) is 3.16. The number of hydrogen-bond donors (Lipinski definition) is 3. The van der Waals surface area contributed by atoms with Gasteiger partial charge in [0.05, 0.1) is 0 Å². The van der Waals surface area contributed by atoms with Gasteiger partial charge in [-0.25, -0.2) is 14.4 Å². The Hall–Kier alpha value is -3.74. The number of benzene rings is 2. The van der Waals surface area contributed by atoms with Crippen molar-refractivity contribution in [3.63, 3.8) is 0 Å². The average molecular weight is 389 g/mol. The van der Waals surface area contributed by atoms with Gasteiger partial charge < -0.3 is 15.6 Å². The third-order valence-corrected chi connectivity index (χ3v) is 4.67. The van der Waals surface area contributed by atoms with E-state index in [1.807, 2.05) is 24.4 Å². The molecule has 3 N–H and O–H groups in total. The van der Waals surface area contributed by atoms with Crippen molar-refractivity contribution in [1.29, 1.82) is 0 Å². The van der Waals surface area contributed by atoms with Crippen LogP contribution in [0.1, 0.15) is 21.6 Å². The second kappa shape index (κ2) is 8.52. The van der Waals surface area contributed by atoms with E-state index >= 15 is 0 Å². The lowest BCUT2D eigenvalue weighted by atomic mass is 10.1. The monoisotopic (exact) mass is 389 g/mol. The molecule has 0 fully saturated rings. The molecule has 2 heterocycles. The molecule has 146 valence electrons. The van der Waals surface area contributed by atoms with Gasteiger partial charge in [-0.2, -0.15) is 0 Å². The number of rotatable bonds is 7. The van der Waals surface area contributed by atoms with Crippen LogP contribution in [0, 0.1) is 5.82 Å². The summed E-state index contributed by atoms with van der Waals surface area (Å²) in [5.74, 6) is -0.165. The van der Waals surface area contributed by atoms with E-state index in [-0.39, 0.29) is 24.0 Å². The van der Waals surface area contributed by atoms with Crippen molar-refractivity contribution >= 4 is 22.6 Å². The van der Waals surface area contributed by atoms with Crippen LogP contribution in [0.2, 0.25) is 0 Å². The summed E-state index contributed by atoms with van der Waals surface area (Å²) in [7, 11) is 0. The van der Waals surface area contributed by atoms with E-state index in [1.165, 1.54) is 23.3 Å². The predicted octanol–water partition coefficient (Wildman–Crippen LogP) is 3.68. The number of nitrogens with one attached hydrogen (secondary N) is 3. The van der Waals surface area contributed by atoms with Gasteiger partial charge in [0.25, 0.3) is 5.91 Å². The number of hydrogen-bond acceptors (Lipinski definition) is 4. The number of anilines is 1. The Morgan fingerprint density at radius 3 is 2.76 bits per heavy atom. The van der Waals surface area contributed by atoms with Gasteiger partial charge >= 0.3 is 0 Å². The molecule has 0 aliphatic rings. The van der Waals surface area contributed by atoms with Gasteiger partial charge in [0.2, 0.25) is 0 Å². The highest BCUT2D eigenvalue weighted by Gasteiger charge is 2.10. The van der Waals surface area contributed by atoms with E-state index in [2.05, 4.69) is 31.7 Å². The molecule has 0 unspecified atom stereocenters. The number of nitrogens with zero attached hydrogens (tertiary/aromatic N) is 2. The number of halogens is 1. The Morgan fingerprint density at radius 1 is 1.03 bits per heavy atom. The van der Waals surface area contributed by atoms with Gasteiger partial charge in [-0.3, -0.25) is 4.79 Å². The summed E-state index contributed by atoms with van der Waals surface area (Å²) in [5, 5.41) is 7.10. The predicted molar refractivity (Wildman–Crippen MR) is 110 cm³/mol. The first kappa shape index (κ1) is 18.6. The molecule has 4 rings (SSSR count). The van der Waals surface area contributed by atoms with Crippen LogP contribution in [-0.2, 0) is 13.0 Å². The summed E-state index contributed by atoms with van der Waals surface area (Å²) in [6.07, 6.45) is 4.16.